The molecule has 2 heterocycles. The maximum Gasteiger partial charge on any atom is 0.128 e. The van der Waals surface area contributed by atoms with Gasteiger partial charge in [0, 0.05) is 15.3 Å². The van der Waals surface area contributed by atoms with Crippen LogP contribution in [0.3, 0.4) is 0 Å². The zero-order valence-corrected chi connectivity index (χ0v) is 16.9. The molecule has 0 spiro atoms. The monoisotopic (exact) mass is 404 g/mol. The summed E-state index contributed by atoms with van der Waals surface area (Å²) in [7, 11) is 0. The average molecular weight is 405 g/mol. The van der Waals surface area contributed by atoms with E-state index in [9.17, 15) is 0 Å². The van der Waals surface area contributed by atoms with E-state index < -0.39 is 0 Å². The fourth-order valence-electron chi connectivity index (χ4n) is 3.26. The third-order valence-corrected chi connectivity index (χ3v) is 7.10. The molecule has 4 rings (SSSR count). The van der Waals surface area contributed by atoms with Gasteiger partial charge < -0.3 is 4.74 Å². The molecule has 1 aliphatic carbocycles. The number of thioether (sulfide) groups is 1. The highest BCUT2D eigenvalue weighted by Gasteiger charge is 2.19. The van der Waals surface area contributed by atoms with Crippen LogP contribution in [0.2, 0.25) is 5.02 Å². The van der Waals surface area contributed by atoms with E-state index in [4.69, 9.17) is 16.3 Å². The smallest absolute Gasteiger partial charge is 0.128 e. The molecular weight excluding hydrogens is 384 g/mol. The van der Waals surface area contributed by atoms with Crippen molar-refractivity contribution in [1.29, 1.82) is 0 Å². The first-order valence-electron chi connectivity index (χ1n) is 9.07. The molecule has 1 aliphatic rings. The van der Waals surface area contributed by atoms with Gasteiger partial charge in [0.2, 0.25) is 0 Å². The average Bonchev–Trinajstić information content (AvgIpc) is 3.05. The summed E-state index contributed by atoms with van der Waals surface area (Å²) in [6.45, 7) is 0.731. The Bertz CT molecular complexity index is 879. The molecule has 0 N–H and O–H groups in total. The van der Waals surface area contributed by atoms with E-state index in [1.54, 1.807) is 6.33 Å². The zero-order chi connectivity index (χ0) is 17.8. The van der Waals surface area contributed by atoms with Gasteiger partial charge in [-0.05, 0) is 74.1 Å². The third kappa shape index (κ3) is 4.16. The molecular formula is C20H21ClN2OS2. The van der Waals surface area contributed by atoms with Crippen molar-refractivity contribution in [3.05, 3.63) is 46.1 Å². The Morgan fingerprint density at radius 3 is 2.81 bits per heavy atom. The number of ether oxygens (including phenoxy) is 1. The highest BCUT2D eigenvalue weighted by atomic mass is 35.5. The highest BCUT2D eigenvalue weighted by Crippen LogP contribution is 2.39. The van der Waals surface area contributed by atoms with Crippen molar-refractivity contribution in [2.24, 2.45) is 0 Å². The summed E-state index contributed by atoms with van der Waals surface area (Å²) in [6, 6.07) is 7.53. The lowest BCUT2D eigenvalue weighted by molar-refractivity contribution is 0.310. The fourth-order valence-corrected chi connectivity index (χ4v) is 5.71. The molecule has 26 heavy (non-hydrogen) atoms. The Hall–Kier alpha value is -1.30. The van der Waals surface area contributed by atoms with Crippen molar-refractivity contribution in [2.45, 2.75) is 43.6 Å². The van der Waals surface area contributed by atoms with Gasteiger partial charge in [-0.15, -0.1) is 23.1 Å². The minimum atomic E-state index is 0.731. The van der Waals surface area contributed by atoms with Gasteiger partial charge in [0.15, 0.2) is 0 Å². The Labute approximate surface area is 167 Å². The van der Waals surface area contributed by atoms with Crippen LogP contribution >= 0.6 is 34.7 Å². The first kappa shape index (κ1) is 18.1. The van der Waals surface area contributed by atoms with Crippen molar-refractivity contribution in [1.82, 2.24) is 9.97 Å². The Kier molecular flexibility index (Phi) is 5.98. The lowest BCUT2D eigenvalue weighted by atomic mass is 9.97. The molecule has 3 nitrogen and oxygen atoms in total. The van der Waals surface area contributed by atoms with E-state index in [1.165, 1.54) is 46.3 Å². The van der Waals surface area contributed by atoms with Crippen LogP contribution in [-0.2, 0) is 12.8 Å². The summed E-state index contributed by atoms with van der Waals surface area (Å²) < 4.78 is 5.75. The summed E-state index contributed by atoms with van der Waals surface area (Å²) in [6.07, 6.45) is 8.86. The van der Waals surface area contributed by atoms with Crippen LogP contribution in [0.5, 0.6) is 5.75 Å². The van der Waals surface area contributed by atoms with Crippen LogP contribution in [0.15, 0.2) is 35.6 Å². The van der Waals surface area contributed by atoms with Gasteiger partial charge >= 0.3 is 0 Å². The normalized spacial score (nSPS) is 13.7. The van der Waals surface area contributed by atoms with Crippen molar-refractivity contribution in [3.8, 4) is 5.75 Å². The molecule has 136 valence electrons. The van der Waals surface area contributed by atoms with E-state index >= 15 is 0 Å². The van der Waals surface area contributed by atoms with Crippen LogP contribution in [0.1, 0.15) is 36.1 Å². The minimum Gasteiger partial charge on any atom is -0.494 e. The van der Waals surface area contributed by atoms with Crippen molar-refractivity contribution >= 4 is 44.9 Å². The number of benzene rings is 1. The van der Waals surface area contributed by atoms with Crippen LogP contribution < -0.4 is 4.74 Å². The quantitative estimate of drug-likeness (QED) is 0.268. The van der Waals surface area contributed by atoms with Crippen molar-refractivity contribution < 1.29 is 4.74 Å². The number of aromatic nitrogens is 2. The summed E-state index contributed by atoms with van der Waals surface area (Å²) >= 11 is 9.61. The second-order valence-electron chi connectivity index (χ2n) is 6.43. The standard InChI is InChI=1S/C20H21ClN2OS2/c21-14-7-9-15(10-8-14)24-11-3-4-12-25-19-18-16-5-1-2-6-17(16)26-20(18)23-13-22-19/h7-10,13H,1-6,11-12H2. The Morgan fingerprint density at radius 2 is 1.92 bits per heavy atom. The van der Waals surface area contributed by atoms with E-state index in [0.717, 1.165) is 41.0 Å². The number of unbranched alkanes of at least 4 members (excludes halogenated alkanes) is 1. The number of fused-ring (bicyclic) bond motifs is 3. The topological polar surface area (TPSA) is 35.0 Å². The van der Waals surface area contributed by atoms with Gasteiger partial charge in [0.1, 0.15) is 21.9 Å². The first-order valence-corrected chi connectivity index (χ1v) is 11.3. The summed E-state index contributed by atoms with van der Waals surface area (Å²) in [5.41, 5.74) is 1.52. The number of aryl methyl sites for hydroxylation is 2. The third-order valence-electron chi connectivity index (χ3n) is 4.58. The number of thiophene rings is 1. The second kappa shape index (κ2) is 8.59. The predicted octanol–water partition coefficient (Wildman–Crippen LogP) is 6.17. The van der Waals surface area contributed by atoms with Gasteiger partial charge in [0.25, 0.3) is 0 Å². The predicted molar refractivity (Wildman–Crippen MR) is 111 cm³/mol. The van der Waals surface area contributed by atoms with Crippen LogP contribution in [0, 0.1) is 0 Å². The second-order valence-corrected chi connectivity index (χ2v) is 9.03. The maximum absolute atomic E-state index is 5.88. The molecule has 6 heteroatoms. The molecule has 0 saturated carbocycles. The lowest BCUT2D eigenvalue weighted by Crippen LogP contribution is -1.99. The SMILES string of the molecule is Clc1ccc(OCCCCSc2ncnc3sc4c(c23)CCCC4)cc1. The molecule has 1 aromatic carbocycles. The van der Waals surface area contributed by atoms with E-state index in [-0.39, 0.29) is 0 Å². The van der Waals surface area contributed by atoms with Gasteiger partial charge in [-0.3, -0.25) is 0 Å². The van der Waals surface area contributed by atoms with E-state index in [0.29, 0.717) is 0 Å². The zero-order valence-electron chi connectivity index (χ0n) is 14.5. The number of rotatable bonds is 7. The van der Waals surface area contributed by atoms with Crippen LogP contribution in [0.25, 0.3) is 10.2 Å². The molecule has 0 aliphatic heterocycles. The number of hydrogen-bond acceptors (Lipinski definition) is 5. The van der Waals surface area contributed by atoms with Crippen molar-refractivity contribution in [2.75, 3.05) is 12.4 Å². The number of halogens is 1. The van der Waals surface area contributed by atoms with Crippen molar-refractivity contribution in [3.63, 3.8) is 0 Å². The first-order chi connectivity index (χ1) is 12.8. The number of nitrogens with zero attached hydrogens (tertiary/aromatic N) is 2. The number of hydrogen-bond donors (Lipinski definition) is 0. The van der Waals surface area contributed by atoms with E-state index in [2.05, 4.69) is 9.97 Å². The summed E-state index contributed by atoms with van der Waals surface area (Å²) in [5, 5.41) is 3.23. The fraction of sp³-hybridized carbons (Fsp3) is 0.400. The molecule has 2 aromatic heterocycles. The van der Waals surface area contributed by atoms with Crippen LogP contribution in [0.4, 0.5) is 0 Å². The molecule has 0 bridgehead atoms. The molecule has 0 saturated heterocycles. The largest absolute Gasteiger partial charge is 0.494 e. The highest BCUT2D eigenvalue weighted by molar-refractivity contribution is 7.99. The lowest BCUT2D eigenvalue weighted by Gasteiger charge is -2.11. The maximum atomic E-state index is 5.88. The van der Waals surface area contributed by atoms with Gasteiger partial charge in [-0.25, -0.2) is 9.97 Å². The summed E-state index contributed by atoms with van der Waals surface area (Å²) in [5.74, 6) is 1.94. The molecule has 0 atom stereocenters. The van der Waals surface area contributed by atoms with Gasteiger partial charge in [0.05, 0.1) is 6.61 Å². The van der Waals surface area contributed by atoms with Gasteiger partial charge in [-0.1, -0.05) is 11.6 Å². The Morgan fingerprint density at radius 1 is 1.08 bits per heavy atom. The molecule has 0 unspecified atom stereocenters. The Balaban J connectivity index is 1.29. The molecule has 0 amide bonds. The minimum absolute atomic E-state index is 0.731. The van der Waals surface area contributed by atoms with Crippen LogP contribution in [-0.4, -0.2) is 22.3 Å². The van der Waals surface area contributed by atoms with Gasteiger partial charge in [-0.2, -0.15) is 0 Å². The molecule has 0 fully saturated rings. The molecule has 0 radical (unpaired) electrons. The van der Waals surface area contributed by atoms with E-state index in [1.807, 2.05) is 47.4 Å². The molecule has 3 aromatic rings. The summed E-state index contributed by atoms with van der Waals surface area (Å²) in [4.78, 5) is 11.8.